The Labute approximate surface area is 130 Å². The lowest BCUT2D eigenvalue weighted by molar-refractivity contribution is 0.617. The van der Waals surface area contributed by atoms with Crippen LogP contribution in [-0.4, -0.2) is 19.6 Å². The fourth-order valence-corrected chi connectivity index (χ4v) is 3.43. The highest BCUT2D eigenvalue weighted by Gasteiger charge is 2.13. The molecule has 7 heteroatoms. The van der Waals surface area contributed by atoms with Gasteiger partial charge in [0, 0.05) is 27.7 Å². The third-order valence-electron chi connectivity index (χ3n) is 3.07. The number of fused-ring (bicyclic) bond motifs is 1. The second kappa shape index (κ2) is 5.61. The first-order valence-electron chi connectivity index (χ1n) is 6.31. The van der Waals surface area contributed by atoms with Crippen LogP contribution >= 0.6 is 23.4 Å². The van der Waals surface area contributed by atoms with Gasteiger partial charge in [0.1, 0.15) is 5.82 Å². The van der Waals surface area contributed by atoms with Crippen LogP contribution in [0.5, 0.6) is 0 Å². The van der Waals surface area contributed by atoms with Crippen LogP contribution in [0, 0.1) is 19.7 Å². The zero-order valence-electron chi connectivity index (χ0n) is 11.5. The van der Waals surface area contributed by atoms with Gasteiger partial charge in [-0.05, 0) is 32.0 Å². The summed E-state index contributed by atoms with van der Waals surface area (Å²) in [5.74, 6) is 0.628. The van der Waals surface area contributed by atoms with Crippen molar-refractivity contribution in [2.45, 2.75) is 24.8 Å². The predicted octanol–water partition coefficient (Wildman–Crippen LogP) is 3.83. The number of halogens is 2. The topological polar surface area (TPSA) is 43.1 Å². The van der Waals surface area contributed by atoms with E-state index < -0.39 is 0 Å². The smallest absolute Gasteiger partial charge is 0.256 e. The van der Waals surface area contributed by atoms with Crippen LogP contribution < -0.4 is 0 Å². The molecule has 0 spiro atoms. The number of hydrogen-bond acceptors (Lipinski definition) is 4. The number of rotatable bonds is 3. The number of benzene rings is 1. The Hall–Kier alpha value is -1.66. The van der Waals surface area contributed by atoms with Gasteiger partial charge < -0.3 is 0 Å². The average molecular weight is 323 g/mol. The largest absolute Gasteiger partial charge is 0.259 e. The maximum atomic E-state index is 13.8. The van der Waals surface area contributed by atoms with E-state index >= 15 is 0 Å². The van der Waals surface area contributed by atoms with Crippen molar-refractivity contribution in [3.63, 3.8) is 0 Å². The molecular weight excluding hydrogens is 311 g/mol. The quantitative estimate of drug-likeness (QED) is 0.687. The minimum Gasteiger partial charge on any atom is -0.259 e. The average Bonchev–Trinajstić information content (AvgIpc) is 2.81. The number of thioether (sulfide) groups is 1. The summed E-state index contributed by atoms with van der Waals surface area (Å²) in [6.07, 6.45) is 0. The van der Waals surface area contributed by atoms with Crippen LogP contribution in [-0.2, 0) is 5.75 Å². The van der Waals surface area contributed by atoms with Crippen molar-refractivity contribution in [1.29, 1.82) is 0 Å². The van der Waals surface area contributed by atoms with E-state index in [1.807, 2.05) is 24.3 Å². The lowest BCUT2D eigenvalue weighted by Gasteiger charge is -2.06. The van der Waals surface area contributed by atoms with Gasteiger partial charge in [0.15, 0.2) is 5.16 Å². The van der Waals surface area contributed by atoms with E-state index in [0.29, 0.717) is 27.3 Å². The molecule has 0 bridgehead atoms. The van der Waals surface area contributed by atoms with Crippen molar-refractivity contribution in [1.82, 2.24) is 19.6 Å². The summed E-state index contributed by atoms with van der Waals surface area (Å²) in [6.45, 7) is 3.87. The van der Waals surface area contributed by atoms with E-state index in [0.717, 1.165) is 11.4 Å². The van der Waals surface area contributed by atoms with Crippen LogP contribution in [0.4, 0.5) is 4.39 Å². The number of aryl methyl sites for hydroxylation is 2. The molecule has 0 amide bonds. The van der Waals surface area contributed by atoms with Gasteiger partial charge in [-0.15, -0.1) is 10.2 Å². The molecule has 0 aliphatic carbocycles. The van der Waals surface area contributed by atoms with Gasteiger partial charge in [-0.25, -0.2) is 9.37 Å². The Morgan fingerprint density at radius 1 is 1.29 bits per heavy atom. The summed E-state index contributed by atoms with van der Waals surface area (Å²) in [7, 11) is 0. The highest BCUT2D eigenvalue weighted by Crippen LogP contribution is 2.28. The highest BCUT2D eigenvalue weighted by atomic mass is 35.5. The molecule has 0 aliphatic heterocycles. The van der Waals surface area contributed by atoms with Gasteiger partial charge in [0.25, 0.3) is 5.78 Å². The Balaban J connectivity index is 1.93. The van der Waals surface area contributed by atoms with Gasteiger partial charge in [-0.1, -0.05) is 29.4 Å². The van der Waals surface area contributed by atoms with Crippen molar-refractivity contribution in [2.24, 2.45) is 0 Å². The maximum Gasteiger partial charge on any atom is 0.256 e. The standard InChI is InChI=1S/C14H12ClFN4S/c1-8-6-9(2)20-13(17-8)18-19-14(20)21-7-10-11(15)4-3-5-12(10)16/h3-6H,7H2,1-2H3. The molecule has 2 heterocycles. The summed E-state index contributed by atoms with van der Waals surface area (Å²) in [5.41, 5.74) is 2.35. The lowest BCUT2D eigenvalue weighted by Crippen LogP contribution is -1.98. The highest BCUT2D eigenvalue weighted by molar-refractivity contribution is 7.98. The molecule has 21 heavy (non-hydrogen) atoms. The van der Waals surface area contributed by atoms with Crippen LogP contribution in [0.15, 0.2) is 29.4 Å². The second-order valence-corrected chi connectivity index (χ2v) is 6.00. The molecule has 3 aromatic rings. The lowest BCUT2D eigenvalue weighted by atomic mass is 10.2. The molecule has 0 N–H and O–H groups in total. The van der Waals surface area contributed by atoms with Crippen LogP contribution in [0.2, 0.25) is 5.02 Å². The van der Waals surface area contributed by atoms with Gasteiger partial charge in [0.2, 0.25) is 0 Å². The van der Waals surface area contributed by atoms with Crippen molar-refractivity contribution >= 4 is 29.1 Å². The van der Waals surface area contributed by atoms with Gasteiger partial charge in [-0.3, -0.25) is 4.40 Å². The van der Waals surface area contributed by atoms with Crippen molar-refractivity contribution in [3.05, 3.63) is 52.1 Å². The van der Waals surface area contributed by atoms with Crippen LogP contribution in [0.25, 0.3) is 5.78 Å². The second-order valence-electron chi connectivity index (χ2n) is 4.65. The van der Waals surface area contributed by atoms with Crippen molar-refractivity contribution in [2.75, 3.05) is 0 Å². The molecular formula is C14H12ClFN4S. The molecule has 0 unspecified atom stereocenters. The van der Waals surface area contributed by atoms with E-state index in [4.69, 9.17) is 11.6 Å². The third-order valence-corrected chi connectivity index (χ3v) is 4.38. The molecule has 0 atom stereocenters. The molecule has 0 radical (unpaired) electrons. The maximum absolute atomic E-state index is 13.8. The van der Waals surface area contributed by atoms with Gasteiger partial charge in [-0.2, -0.15) is 0 Å². The number of aromatic nitrogens is 4. The fraction of sp³-hybridized carbons (Fsp3) is 0.214. The molecule has 0 fully saturated rings. The summed E-state index contributed by atoms with van der Waals surface area (Å²) in [5, 5.41) is 9.27. The van der Waals surface area contributed by atoms with Gasteiger partial charge in [0.05, 0.1) is 0 Å². The molecule has 3 rings (SSSR count). The normalized spacial score (nSPS) is 11.2. The molecule has 1 aromatic carbocycles. The molecule has 108 valence electrons. The number of hydrogen-bond donors (Lipinski definition) is 0. The van der Waals surface area contributed by atoms with Crippen LogP contribution in [0.3, 0.4) is 0 Å². The first kappa shape index (κ1) is 14.3. The Kier molecular flexibility index (Phi) is 3.82. The zero-order valence-corrected chi connectivity index (χ0v) is 13.0. The molecule has 0 aliphatic rings. The van der Waals surface area contributed by atoms with Crippen molar-refractivity contribution in [3.8, 4) is 0 Å². The Morgan fingerprint density at radius 2 is 2.10 bits per heavy atom. The Morgan fingerprint density at radius 3 is 2.86 bits per heavy atom. The van der Waals surface area contributed by atoms with E-state index in [1.54, 1.807) is 12.1 Å². The predicted molar refractivity (Wildman–Crippen MR) is 81.2 cm³/mol. The summed E-state index contributed by atoms with van der Waals surface area (Å²) < 4.78 is 15.6. The van der Waals surface area contributed by atoms with E-state index in [2.05, 4.69) is 15.2 Å². The SMILES string of the molecule is Cc1cc(C)n2c(SCc3c(F)cccc3Cl)nnc2n1. The van der Waals surface area contributed by atoms with Crippen molar-refractivity contribution < 1.29 is 4.39 Å². The molecule has 0 saturated carbocycles. The third kappa shape index (κ3) is 2.73. The monoisotopic (exact) mass is 322 g/mol. The first-order valence-corrected chi connectivity index (χ1v) is 7.67. The van der Waals surface area contributed by atoms with Gasteiger partial charge >= 0.3 is 0 Å². The van der Waals surface area contributed by atoms with Crippen LogP contribution in [0.1, 0.15) is 17.0 Å². The molecule has 0 saturated heterocycles. The van der Waals surface area contributed by atoms with E-state index in [9.17, 15) is 4.39 Å². The summed E-state index contributed by atoms with van der Waals surface area (Å²) in [4.78, 5) is 4.32. The summed E-state index contributed by atoms with van der Waals surface area (Å²) in [6, 6.07) is 6.63. The Bertz CT molecular complexity index is 798. The molecule has 2 aromatic heterocycles. The minimum absolute atomic E-state index is 0.311. The molecule has 4 nitrogen and oxygen atoms in total. The van der Waals surface area contributed by atoms with E-state index in [1.165, 1.54) is 17.8 Å². The summed E-state index contributed by atoms with van der Waals surface area (Å²) >= 11 is 7.41. The number of nitrogens with zero attached hydrogens (tertiary/aromatic N) is 4. The first-order chi connectivity index (χ1) is 10.1. The minimum atomic E-state index is -0.311. The van der Waals surface area contributed by atoms with E-state index in [-0.39, 0.29) is 5.82 Å². The zero-order chi connectivity index (χ0) is 15.0. The fourth-order valence-electron chi connectivity index (χ4n) is 2.10.